The Morgan fingerprint density at radius 1 is 1.17 bits per heavy atom. The summed E-state index contributed by atoms with van der Waals surface area (Å²) in [5.41, 5.74) is 3.95. The van der Waals surface area contributed by atoms with E-state index in [0.29, 0.717) is 22.3 Å². The first-order valence-corrected chi connectivity index (χ1v) is 10.5. The van der Waals surface area contributed by atoms with Crippen LogP contribution in [0.2, 0.25) is 0 Å². The van der Waals surface area contributed by atoms with E-state index in [2.05, 4.69) is 11.4 Å². The van der Waals surface area contributed by atoms with Crippen LogP contribution in [0.3, 0.4) is 0 Å². The highest BCUT2D eigenvalue weighted by Crippen LogP contribution is 2.15. The van der Waals surface area contributed by atoms with Gasteiger partial charge in [0.15, 0.2) is 0 Å². The Hall–Kier alpha value is -2.71. The normalized spacial score (nSPS) is 12.3. The SMILES string of the molecule is CCOC(=O)/C=c1\s/c(=C\c2cc(C)c(C)cc2C)c(=O)n1CC(=O)NCCOC. The molecule has 0 saturated heterocycles. The molecule has 2 rings (SSSR count). The zero-order valence-corrected chi connectivity index (χ0v) is 18.9. The number of aryl methyl sites for hydroxylation is 3. The van der Waals surface area contributed by atoms with Crippen molar-refractivity contribution in [2.45, 2.75) is 34.2 Å². The van der Waals surface area contributed by atoms with Gasteiger partial charge in [-0.25, -0.2) is 4.79 Å². The lowest BCUT2D eigenvalue weighted by molar-refractivity contribution is -0.135. The number of rotatable bonds is 8. The van der Waals surface area contributed by atoms with Gasteiger partial charge in [-0.15, -0.1) is 11.3 Å². The topological polar surface area (TPSA) is 86.6 Å². The predicted molar refractivity (Wildman–Crippen MR) is 118 cm³/mol. The average molecular weight is 433 g/mol. The highest BCUT2D eigenvalue weighted by atomic mass is 32.1. The molecule has 0 aliphatic carbocycles. The van der Waals surface area contributed by atoms with Crippen molar-refractivity contribution in [2.24, 2.45) is 0 Å². The maximum absolute atomic E-state index is 13.0. The Morgan fingerprint density at radius 2 is 1.87 bits per heavy atom. The molecule has 0 fully saturated rings. The van der Waals surface area contributed by atoms with Gasteiger partial charge in [-0.1, -0.05) is 12.1 Å². The van der Waals surface area contributed by atoms with Crippen molar-refractivity contribution >= 4 is 35.4 Å². The van der Waals surface area contributed by atoms with Gasteiger partial charge in [0.25, 0.3) is 5.56 Å². The molecule has 7 nitrogen and oxygen atoms in total. The lowest BCUT2D eigenvalue weighted by atomic mass is 10.0. The number of thiazole rings is 1. The number of ether oxygens (including phenoxy) is 2. The third-order valence-electron chi connectivity index (χ3n) is 4.56. The fourth-order valence-electron chi connectivity index (χ4n) is 2.85. The van der Waals surface area contributed by atoms with Gasteiger partial charge >= 0.3 is 5.97 Å². The summed E-state index contributed by atoms with van der Waals surface area (Å²) in [6.45, 7) is 8.50. The molecular formula is C22H28N2O5S. The number of methoxy groups -OCH3 is 1. The minimum Gasteiger partial charge on any atom is -0.463 e. The monoisotopic (exact) mass is 432 g/mol. The highest BCUT2D eigenvalue weighted by molar-refractivity contribution is 7.07. The maximum atomic E-state index is 13.0. The van der Waals surface area contributed by atoms with Crippen LogP contribution in [0, 0.1) is 20.8 Å². The van der Waals surface area contributed by atoms with Gasteiger partial charge in [0, 0.05) is 13.7 Å². The lowest BCUT2D eigenvalue weighted by Crippen LogP contribution is -2.39. The van der Waals surface area contributed by atoms with Gasteiger partial charge < -0.3 is 14.8 Å². The van der Waals surface area contributed by atoms with Crippen molar-refractivity contribution < 1.29 is 19.1 Å². The van der Waals surface area contributed by atoms with Crippen LogP contribution in [0.4, 0.5) is 0 Å². The largest absolute Gasteiger partial charge is 0.463 e. The first-order chi connectivity index (χ1) is 14.3. The summed E-state index contributed by atoms with van der Waals surface area (Å²) in [7, 11) is 1.54. The van der Waals surface area contributed by atoms with Crippen molar-refractivity contribution in [3.8, 4) is 0 Å². The zero-order valence-electron chi connectivity index (χ0n) is 18.0. The molecule has 0 unspecified atom stereocenters. The molecular weight excluding hydrogens is 404 g/mol. The third kappa shape index (κ3) is 6.14. The smallest absolute Gasteiger partial charge is 0.333 e. The minimum absolute atomic E-state index is 0.190. The van der Waals surface area contributed by atoms with E-state index in [1.54, 1.807) is 20.1 Å². The molecule has 1 amide bonds. The maximum Gasteiger partial charge on any atom is 0.333 e. The lowest BCUT2D eigenvalue weighted by Gasteiger charge is -2.05. The van der Waals surface area contributed by atoms with Crippen LogP contribution in [0.15, 0.2) is 16.9 Å². The van der Waals surface area contributed by atoms with Crippen molar-refractivity contribution in [3.05, 3.63) is 53.9 Å². The Labute approximate surface area is 179 Å². The van der Waals surface area contributed by atoms with Crippen LogP contribution in [0.25, 0.3) is 12.2 Å². The molecule has 162 valence electrons. The quantitative estimate of drug-likeness (QED) is 0.492. The molecule has 0 radical (unpaired) electrons. The molecule has 30 heavy (non-hydrogen) atoms. The Kier molecular flexibility index (Phi) is 8.56. The van der Waals surface area contributed by atoms with Gasteiger partial charge in [-0.05, 0) is 56.0 Å². The van der Waals surface area contributed by atoms with Gasteiger partial charge in [-0.2, -0.15) is 0 Å². The van der Waals surface area contributed by atoms with Crippen molar-refractivity contribution in [1.29, 1.82) is 0 Å². The number of amides is 1. The number of hydrogen-bond donors (Lipinski definition) is 1. The number of benzene rings is 1. The number of nitrogens with one attached hydrogen (secondary N) is 1. The minimum atomic E-state index is -0.554. The molecule has 2 aromatic rings. The summed E-state index contributed by atoms with van der Waals surface area (Å²) in [5, 5.41) is 2.69. The first-order valence-electron chi connectivity index (χ1n) is 9.70. The van der Waals surface area contributed by atoms with E-state index in [0.717, 1.165) is 28.0 Å². The molecule has 0 saturated carbocycles. The highest BCUT2D eigenvalue weighted by Gasteiger charge is 2.11. The number of carbonyl (C=O) groups is 2. The van der Waals surface area contributed by atoms with Crippen LogP contribution in [0.1, 0.15) is 29.2 Å². The molecule has 0 atom stereocenters. The second-order valence-electron chi connectivity index (χ2n) is 6.87. The van der Waals surface area contributed by atoms with Gasteiger partial charge in [0.05, 0.1) is 23.8 Å². The number of carbonyl (C=O) groups excluding carboxylic acids is 2. The third-order valence-corrected chi connectivity index (χ3v) is 5.62. The summed E-state index contributed by atoms with van der Waals surface area (Å²) in [6, 6.07) is 4.10. The second kappa shape index (κ2) is 10.9. The zero-order chi connectivity index (χ0) is 22.3. The molecule has 0 aliphatic heterocycles. The van der Waals surface area contributed by atoms with Crippen LogP contribution in [-0.4, -0.2) is 43.3 Å². The van der Waals surface area contributed by atoms with Crippen LogP contribution in [0.5, 0.6) is 0 Å². The predicted octanol–water partition coefficient (Wildman–Crippen LogP) is 0.770. The van der Waals surface area contributed by atoms with E-state index in [9.17, 15) is 14.4 Å². The number of hydrogen-bond acceptors (Lipinski definition) is 6. The fourth-order valence-corrected chi connectivity index (χ4v) is 3.87. The number of esters is 1. The Balaban J connectivity index is 2.54. The van der Waals surface area contributed by atoms with E-state index < -0.39 is 5.97 Å². The molecule has 1 aromatic heterocycles. The van der Waals surface area contributed by atoms with Gasteiger partial charge in [0.1, 0.15) is 11.2 Å². The van der Waals surface area contributed by atoms with E-state index in [-0.39, 0.29) is 24.6 Å². The van der Waals surface area contributed by atoms with Crippen molar-refractivity contribution in [1.82, 2.24) is 9.88 Å². The molecule has 1 aromatic carbocycles. The Bertz CT molecular complexity index is 1100. The van der Waals surface area contributed by atoms with Gasteiger partial charge in [0.2, 0.25) is 5.91 Å². The number of aromatic nitrogens is 1. The van der Waals surface area contributed by atoms with Crippen LogP contribution in [-0.2, 0) is 25.6 Å². The summed E-state index contributed by atoms with van der Waals surface area (Å²) in [4.78, 5) is 37.2. The van der Waals surface area contributed by atoms with E-state index >= 15 is 0 Å². The summed E-state index contributed by atoms with van der Waals surface area (Å²) < 4.78 is 12.0. The van der Waals surface area contributed by atoms with Crippen molar-refractivity contribution in [2.75, 3.05) is 26.9 Å². The second-order valence-corrected chi connectivity index (χ2v) is 7.93. The van der Waals surface area contributed by atoms with Crippen molar-refractivity contribution in [3.63, 3.8) is 0 Å². The molecule has 1 heterocycles. The first kappa shape index (κ1) is 23.6. The molecule has 0 bridgehead atoms. The van der Waals surface area contributed by atoms with E-state index in [4.69, 9.17) is 9.47 Å². The average Bonchev–Trinajstić information content (AvgIpc) is 2.95. The molecule has 0 aliphatic rings. The Morgan fingerprint density at radius 3 is 2.53 bits per heavy atom. The van der Waals surface area contributed by atoms with Crippen LogP contribution >= 0.6 is 11.3 Å². The summed E-state index contributed by atoms with van der Waals surface area (Å²) in [6.07, 6.45) is 3.05. The summed E-state index contributed by atoms with van der Waals surface area (Å²) >= 11 is 1.16. The summed E-state index contributed by atoms with van der Waals surface area (Å²) in [5.74, 6) is -0.888. The standard InChI is InChI=1S/C22H28N2O5S/c1-6-29-21(26)12-20-24(13-19(25)23-7-8-28-5)22(27)18(30-20)11-17-10-15(3)14(2)9-16(17)4/h9-12H,6-8,13H2,1-5H3,(H,23,25)/b18-11-,20-12-. The molecule has 0 spiro atoms. The van der Waals surface area contributed by atoms with E-state index in [1.807, 2.05) is 26.8 Å². The molecule has 1 N–H and O–H groups in total. The molecule has 8 heteroatoms. The van der Waals surface area contributed by atoms with E-state index in [1.165, 1.54) is 16.2 Å². The van der Waals surface area contributed by atoms with Gasteiger partial charge in [-0.3, -0.25) is 14.2 Å². The fraction of sp³-hybridized carbons (Fsp3) is 0.409. The number of nitrogens with zero attached hydrogens (tertiary/aromatic N) is 1. The van der Waals surface area contributed by atoms with Crippen LogP contribution < -0.4 is 20.1 Å².